The number of amides is 2. The summed E-state index contributed by atoms with van der Waals surface area (Å²) < 4.78 is 0. The van der Waals surface area contributed by atoms with E-state index in [0.717, 1.165) is 6.20 Å². The molecule has 1 aliphatic rings. The smallest absolute Gasteiger partial charge is 0.341 e. The van der Waals surface area contributed by atoms with Crippen LogP contribution in [0.5, 0.6) is 0 Å². The first kappa shape index (κ1) is 10.1. The Morgan fingerprint density at radius 1 is 1.62 bits per heavy atom. The van der Waals surface area contributed by atoms with Crippen LogP contribution in [0.25, 0.3) is 0 Å². The molecule has 1 aromatic heterocycles. The second-order valence-electron chi connectivity index (χ2n) is 3.16. The number of nitrogen functional groups attached to an aromatic ring is 1. The maximum atomic E-state index is 11.3. The van der Waals surface area contributed by atoms with Crippen LogP contribution in [0.3, 0.4) is 0 Å². The molecule has 2 amide bonds. The second kappa shape index (κ2) is 3.65. The molecule has 84 valence electrons. The van der Waals surface area contributed by atoms with E-state index in [1.165, 1.54) is 4.90 Å². The number of nitrogens with zero attached hydrogens (tertiary/aromatic N) is 3. The van der Waals surface area contributed by atoms with Crippen molar-refractivity contribution in [3.63, 3.8) is 0 Å². The Labute approximate surface area is 90.1 Å². The summed E-state index contributed by atoms with van der Waals surface area (Å²) in [5.74, 6) is -1.25. The normalized spacial score (nSPS) is 15.0. The van der Waals surface area contributed by atoms with E-state index in [0.29, 0.717) is 13.1 Å². The van der Waals surface area contributed by atoms with Gasteiger partial charge in [0.25, 0.3) is 0 Å². The van der Waals surface area contributed by atoms with Crippen molar-refractivity contribution in [2.45, 2.75) is 0 Å². The van der Waals surface area contributed by atoms with E-state index in [1.54, 1.807) is 0 Å². The van der Waals surface area contributed by atoms with Crippen LogP contribution in [0.15, 0.2) is 6.20 Å². The molecule has 8 heteroatoms. The fraction of sp³-hybridized carbons (Fsp3) is 0.250. The summed E-state index contributed by atoms with van der Waals surface area (Å²) in [6.07, 6.45) is 1.09. The minimum atomic E-state index is -1.20. The van der Waals surface area contributed by atoms with Gasteiger partial charge in [-0.2, -0.15) is 4.98 Å². The molecule has 4 N–H and O–H groups in total. The third kappa shape index (κ3) is 1.60. The molecular weight excluding hydrogens is 214 g/mol. The first-order chi connectivity index (χ1) is 7.59. The van der Waals surface area contributed by atoms with Gasteiger partial charge in [-0.3, -0.25) is 4.90 Å². The third-order valence-corrected chi connectivity index (χ3v) is 2.13. The zero-order chi connectivity index (χ0) is 11.7. The van der Waals surface area contributed by atoms with Gasteiger partial charge in [-0.25, -0.2) is 14.6 Å². The Hall–Kier alpha value is -2.38. The third-order valence-electron chi connectivity index (χ3n) is 2.13. The Bertz CT molecular complexity index is 461. The van der Waals surface area contributed by atoms with E-state index in [4.69, 9.17) is 10.8 Å². The summed E-state index contributed by atoms with van der Waals surface area (Å²) in [6.45, 7) is 0.938. The summed E-state index contributed by atoms with van der Waals surface area (Å²) in [6, 6.07) is -0.317. The lowest BCUT2D eigenvalue weighted by atomic mass is 10.3. The Morgan fingerprint density at radius 3 is 2.88 bits per heavy atom. The van der Waals surface area contributed by atoms with Crippen molar-refractivity contribution in [3.8, 4) is 0 Å². The molecule has 0 aliphatic carbocycles. The number of aromatic carboxylic acids is 1. The van der Waals surface area contributed by atoms with Crippen molar-refractivity contribution in [3.05, 3.63) is 11.8 Å². The summed E-state index contributed by atoms with van der Waals surface area (Å²) in [5, 5.41) is 11.3. The molecule has 0 spiro atoms. The maximum Gasteiger partial charge on any atom is 0.341 e. The van der Waals surface area contributed by atoms with Gasteiger partial charge in [0.05, 0.1) is 0 Å². The molecule has 1 aliphatic heterocycles. The first-order valence-electron chi connectivity index (χ1n) is 4.51. The van der Waals surface area contributed by atoms with Crippen LogP contribution in [0.1, 0.15) is 10.4 Å². The van der Waals surface area contributed by atoms with Gasteiger partial charge in [0.1, 0.15) is 11.4 Å². The molecule has 1 aromatic rings. The number of carbonyl (C=O) groups is 2. The van der Waals surface area contributed by atoms with E-state index >= 15 is 0 Å². The molecule has 0 unspecified atom stereocenters. The van der Waals surface area contributed by atoms with Crippen LogP contribution >= 0.6 is 0 Å². The Kier molecular flexibility index (Phi) is 2.31. The van der Waals surface area contributed by atoms with Gasteiger partial charge >= 0.3 is 12.0 Å². The molecule has 0 bridgehead atoms. The lowest BCUT2D eigenvalue weighted by molar-refractivity contribution is 0.0697. The number of hydrogen-bond acceptors (Lipinski definition) is 5. The molecule has 0 radical (unpaired) electrons. The molecule has 1 saturated heterocycles. The Balaban J connectivity index is 2.34. The molecule has 0 aromatic carbocycles. The van der Waals surface area contributed by atoms with Gasteiger partial charge < -0.3 is 16.2 Å². The average molecular weight is 223 g/mol. The van der Waals surface area contributed by atoms with Gasteiger partial charge in [0, 0.05) is 19.3 Å². The monoisotopic (exact) mass is 223 g/mol. The minimum absolute atomic E-state index is 0.109. The topological polar surface area (TPSA) is 121 Å². The van der Waals surface area contributed by atoms with E-state index in [9.17, 15) is 9.59 Å². The number of anilines is 2. The highest BCUT2D eigenvalue weighted by Crippen LogP contribution is 2.14. The van der Waals surface area contributed by atoms with Crippen molar-refractivity contribution in [1.29, 1.82) is 0 Å². The van der Waals surface area contributed by atoms with Crippen LogP contribution in [0, 0.1) is 0 Å². The van der Waals surface area contributed by atoms with Gasteiger partial charge in [-0.15, -0.1) is 0 Å². The highest BCUT2D eigenvalue weighted by molar-refractivity contribution is 5.94. The van der Waals surface area contributed by atoms with Crippen molar-refractivity contribution in [1.82, 2.24) is 15.3 Å². The van der Waals surface area contributed by atoms with E-state index in [1.807, 2.05) is 0 Å². The predicted molar refractivity (Wildman–Crippen MR) is 54.1 cm³/mol. The largest absolute Gasteiger partial charge is 0.477 e. The molecule has 2 heterocycles. The number of nitrogens with two attached hydrogens (primary N) is 1. The molecule has 0 atom stereocenters. The average Bonchev–Trinajstić information content (AvgIpc) is 2.63. The van der Waals surface area contributed by atoms with Crippen molar-refractivity contribution in [2.24, 2.45) is 0 Å². The lowest BCUT2D eigenvalue weighted by Gasteiger charge is -2.12. The highest BCUT2D eigenvalue weighted by atomic mass is 16.4. The van der Waals surface area contributed by atoms with E-state index < -0.39 is 5.97 Å². The molecule has 8 nitrogen and oxygen atoms in total. The fourth-order valence-electron chi connectivity index (χ4n) is 1.34. The fourth-order valence-corrected chi connectivity index (χ4v) is 1.34. The number of rotatable bonds is 2. The number of carboxylic acids is 1. The number of carbonyl (C=O) groups excluding carboxylic acids is 1. The summed E-state index contributed by atoms with van der Waals surface area (Å²) in [7, 11) is 0. The SMILES string of the molecule is Nc1nc(N2CCNC2=O)ncc1C(=O)O. The zero-order valence-corrected chi connectivity index (χ0v) is 8.17. The molecule has 0 saturated carbocycles. The number of hydrogen-bond donors (Lipinski definition) is 3. The van der Waals surface area contributed by atoms with Crippen molar-refractivity contribution in [2.75, 3.05) is 23.7 Å². The Morgan fingerprint density at radius 2 is 2.38 bits per heavy atom. The van der Waals surface area contributed by atoms with Crippen LogP contribution < -0.4 is 16.0 Å². The van der Waals surface area contributed by atoms with Gasteiger partial charge in [0.15, 0.2) is 0 Å². The standard InChI is InChI=1S/C8H9N5O3/c9-5-4(6(14)15)3-11-7(12-5)13-2-1-10-8(13)16/h3H,1-2H2,(H,10,16)(H,14,15)(H2,9,11,12). The molecule has 2 rings (SSSR count). The van der Waals surface area contributed by atoms with Crippen LogP contribution in [-0.2, 0) is 0 Å². The number of carboxylic acid groups (broad SMARTS) is 1. The summed E-state index contributed by atoms with van der Waals surface area (Å²) >= 11 is 0. The van der Waals surface area contributed by atoms with Gasteiger partial charge in [0.2, 0.25) is 5.95 Å². The number of nitrogens with one attached hydrogen (secondary N) is 1. The maximum absolute atomic E-state index is 11.3. The highest BCUT2D eigenvalue weighted by Gasteiger charge is 2.24. The van der Waals surface area contributed by atoms with E-state index in [2.05, 4.69) is 15.3 Å². The lowest BCUT2D eigenvalue weighted by Crippen LogP contribution is -2.29. The predicted octanol–water partition coefficient (Wildman–Crippen LogP) is -0.713. The summed E-state index contributed by atoms with van der Waals surface area (Å²) in [5.41, 5.74) is 5.27. The van der Waals surface area contributed by atoms with Gasteiger partial charge in [-0.05, 0) is 0 Å². The molecule has 16 heavy (non-hydrogen) atoms. The van der Waals surface area contributed by atoms with Crippen LogP contribution in [-0.4, -0.2) is 40.2 Å². The summed E-state index contributed by atoms with van der Waals surface area (Å²) in [4.78, 5) is 30.8. The number of urea groups is 1. The zero-order valence-electron chi connectivity index (χ0n) is 8.17. The second-order valence-corrected chi connectivity index (χ2v) is 3.16. The molecule has 1 fully saturated rings. The quantitative estimate of drug-likeness (QED) is 0.608. The molecular formula is C8H9N5O3. The van der Waals surface area contributed by atoms with Gasteiger partial charge in [-0.1, -0.05) is 0 Å². The van der Waals surface area contributed by atoms with Crippen LogP contribution in [0.2, 0.25) is 0 Å². The minimum Gasteiger partial charge on any atom is -0.477 e. The van der Waals surface area contributed by atoms with Crippen molar-refractivity contribution >= 4 is 23.8 Å². The van der Waals surface area contributed by atoms with E-state index in [-0.39, 0.29) is 23.4 Å². The number of aromatic nitrogens is 2. The van der Waals surface area contributed by atoms with Crippen LogP contribution in [0.4, 0.5) is 16.6 Å². The first-order valence-corrected chi connectivity index (χ1v) is 4.51. The van der Waals surface area contributed by atoms with Crippen molar-refractivity contribution < 1.29 is 14.7 Å².